The molecule has 0 atom stereocenters. The average Bonchev–Trinajstić information content (AvgIpc) is 3.30. The van der Waals surface area contributed by atoms with Crippen LogP contribution in [0.4, 0.5) is 5.69 Å². The Morgan fingerprint density at radius 3 is 2.75 bits per heavy atom. The van der Waals surface area contributed by atoms with Crippen LogP contribution in [-0.2, 0) is 0 Å². The van der Waals surface area contributed by atoms with E-state index in [2.05, 4.69) is 16.0 Å². The molecule has 3 aromatic rings. The van der Waals surface area contributed by atoms with Crippen LogP contribution in [0.2, 0.25) is 0 Å². The number of nitrogens with one attached hydrogen (secondary N) is 1. The molecule has 6 nitrogen and oxygen atoms in total. The number of hydrogen-bond acceptors (Lipinski definition) is 5. The molecule has 1 aromatic heterocycles. The molecule has 0 saturated carbocycles. The fraction of sp³-hybridized carbons (Fsp3) is 0.136. The first-order valence-corrected chi connectivity index (χ1v) is 8.93. The summed E-state index contributed by atoms with van der Waals surface area (Å²) < 4.78 is 5.37. The van der Waals surface area contributed by atoms with E-state index in [0.717, 1.165) is 21.8 Å². The second-order valence-corrected chi connectivity index (χ2v) is 6.52. The van der Waals surface area contributed by atoms with E-state index in [4.69, 9.17) is 9.68 Å². The largest absolute Gasteiger partial charge is 0.402 e. The summed E-state index contributed by atoms with van der Waals surface area (Å²) in [5.41, 5.74) is 2.41. The zero-order valence-corrected chi connectivity index (χ0v) is 15.3. The van der Waals surface area contributed by atoms with Gasteiger partial charge < -0.3 is 14.3 Å². The lowest BCUT2D eigenvalue weighted by atomic mass is 10.2. The third-order valence-electron chi connectivity index (χ3n) is 4.57. The first kappa shape index (κ1) is 17.6. The van der Waals surface area contributed by atoms with Gasteiger partial charge in [0.2, 0.25) is 5.55 Å². The molecule has 0 bridgehead atoms. The third-order valence-corrected chi connectivity index (χ3v) is 4.57. The van der Waals surface area contributed by atoms with Crippen LogP contribution in [0.1, 0.15) is 12.0 Å². The number of aromatic nitrogens is 1. The first-order chi connectivity index (χ1) is 13.6. The van der Waals surface area contributed by atoms with Crippen molar-refractivity contribution in [3.8, 4) is 6.07 Å². The molecular formula is C22H18N4O2. The van der Waals surface area contributed by atoms with Crippen molar-refractivity contribution in [2.75, 3.05) is 18.5 Å². The van der Waals surface area contributed by atoms with Crippen LogP contribution in [0, 0.1) is 11.3 Å². The molecule has 0 unspecified atom stereocenters. The van der Waals surface area contributed by atoms with Gasteiger partial charge in [-0.2, -0.15) is 5.26 Å². The molecule has 0 radical (unpaired) electrons. The number of fused-ring (bicyclic) bond motifs is 1. The number of aromatic amines is 1. The van der Waals surface area contributed by atoms with Gasteiger partial charge in [0.1, 0.15) is 11.0 Å². The van der Waals surface area contributed by atoms with E-state index in [1.165, 1.54) is 0 Å². The predicted molar refractivity (Wildman–Crippen MR) is 107 cm³/mol. The minimum atomic E-state index is -0.433. The zero-order chi connectivity index (χ0) is 19.5. The lowest BCUT2D eigenvalue weighted by Crippen LogP contribution is -2.21. The van der Waals surface area contributed by atoms with Crippen LogP contribution >= 0.6 is 0 Å². The number of H-pyrrole nitrogens is 1. The zero-order valence-electron chi connectivity index (χ0n) is 15.3. The van der Waals surface area contributed by atoms with Gasteiger partial charge in [0, 0.05) is 24.5 Å². The van der Waals surface area contributed by atoms with Crippen LogP contribution in [0.25, 0.3) is 17.8 Å². The van der Waals surface area contributed by atoms with Gasteiger partial charge >= 0.3 is 5.63 Å². The number of anilines is 1. The summed E-state index contributed by atoms with van der Waals surface area (Å²) in [6.07, 6.45) is 4.11. The second kappa shape index (κ2) is 7.41. The Labute approximate surface area is 160 Å². The van der Waals surface area contributed by atoms with Gasteiger partial charge in [-0.05, 0) is 35.9 Å². The lowest BCUT2D eigenvalue weighted by molar-refractivity contribution is 0.484. The Kier molecular flexibility index (Phi) is 4.65. The number of rotatable bonds is 4. The molecular weight excluding hydrogens is 352 g/mol. The Morgan fingerprint density at radius 1 is 1.21 bits per heavy atom. The minimum absolute atomic E-state index is 0.348. The van der Waals surface area contributed by atoms with Crippen molar-refractivity contribution in [1.82, 2.24) is 4.98 Å². The molecule has 1 aliphatic rings. The summed E-state index contributed by atoms with van der Waals surface area (Å²) in [5.74, 6) is 0. The Balaban J connectivity index is 1.67. The summed E-state index contributed by atoms with van der Waals surface area (Å²) in [5, 5.41) is 10.9. The molecule has 138 valence electrons. The number of nitrogens with zero attached hydrogens (tertiary/aromatic N) is 3. The predicted octanol–water partition coefficient (Wildman–Crippen LogP) is 0.369. The average molecular weight is 370 g/mol. The summed E-state index contributed by atoms with van der Waals surface area (Å²) in [7, 11) is 1.94. The number of para-hydroxylation sites is 1. The van der Waals surface area contributed by atoms with E-state index in [9.17, 15) is 4.79 Å². The molecule has 0 spiro atoms. The summed E-state index contributed by atoms with van der Waals surface area (Å²) in [4.78, 5) is 21.8. The highest BCUT2D eigenvalue weighted by Gasteiger charge is 2.06. The Hall–Kier alpha value is -3.85. The molecule has 6 heteroatoms. The topological polar surface area (TPSA) is 85.4 Å². The van der Waals surface area contributed by atoms with Crippen molar-refractivity contribution >= 4 is 23.5 Å². The normalized spacial score (nSPS) is 14.8. The highest BCUT2D eigenvalue weighted by atomic mass is 16.4. The monoisotopic (exact) mass is 370 g/mol. The fourth-order valence-electron chi connectivity index (χ4n) is 3.03. The molecule has 0 aliphatic carbocycles. The second-order valence-electron chi connectivity index (χ2n) is 6.52. The third kappa shape index (κ3) is 3.51. The first-order valence-electron chi connectivity index (χ1n) is 8.93. The van der Waals surface area contributed by atoms with E-state index >= 15 is 0 Å². The fourth-order valence-corrected chi connectivity index (χ4v) is 3.03. The van der Waals surface area contributed by atoms with Gasteiger partial charge in [-0.1, -0.05) is 30.3 Å². The molecule has 4 rings (SSSR count). The highest BCUT2D eigenvalue weighted by Crippen LogP contribution is 2.14. The SMILES string of the molecule is CN(CCC#N)c1ccc(C=c2[nH]c(=C3C=c4ccccc4=N3)oc2=O)cc1. The van der Waals surface area contributed by atoms with Crippen molar-refractivity contribution in [3.05, 3.63) is 86.0 Å². The maximum atomic E-state index is 12.2. The minimum Gasteiger partial charge on any atom is -0.402 e. The number of nitriles is 1. The molecule has 1 aliphatic heterocycles. The van der Waals surface area contributed by atoms with Gasteiger partial charge in [-0.25, -0.2) is 9.79 Å². The van der Waals surface area contributed by atoms with Crippen LogP contribution in [0.3, 0.4) is 0 Å². The number of oxazole rings is 1. The van der Waals surface area contributed by atoms with E-state index in [0.29, 0.717) is 29.6 Å². The van der Waals surface area contributed by atoms with Gasteiger partial charge in [0.15, 0.2) is 0 Å². The van der Waals surface area contributed by atoms with Crippen LogP contribution in [-0.4, -0.2) is 18.6 Å². The summed E-state index contributed by atoms with van der Waals surface area (Å²) in [6.45, 7) is 0.671. The van der Waals surface area contributed by atoms with Crippen molar-refractivity contribution < 1.29 is 4.42 Å². The maximum absolute atomic E-state index is 12.2. The van der Waals surface area contributed by atoms with Crippen LogP contribution < -0.4 is 32.0 Å². The van der Waals surface area contributed by atoms with Gasteiger partial charge in [-0.3, -0.25) is 0 Å². The van der Waals surface area contributed by atoms with E-state index < -0.39 is 5.63 Å². The quantitative estimate of drug-likeness (QED) is 0.719. The molecule has 2 heterocycles. The van der Waals surface area contributed by atoms with Crippen LogP contribution in [0.15, 0.2) is 62.7 Å². The Bertz CT molecular complexity index is 1320. The summed E-state index contributed by atoms with van der Waals surface area (Å²) >= 11 is 0. The van der Waals surface area contributed by atoms with Crippen molar-refractivity contribution in [2.24, 2.45) is 4.99 Å². The van der Waals surface area contributed by atoms with Crippen molar-refractivity contribution in [2.45, 2.75) is 6.42 Å². The molecule has 28 heavy (non-hydrogen) atoms. The Morgan fingerprint density at radius 2 is 2.00 bits per heavy atom. The smallest absolute Gasteiger partial charge is 0.361 e. The molecule has 0 saturated heterocycles. The van der Waals surface area contributed by atoms with E-state index in [-0.39, 0.29) is 0 Å². The van der Waals surface area contributed by atoms with E-state index in [1.54, 1.807) is 6.08 Å². The van der Waals surface area contributed by atoms with Gasteiger partial charge in [-0.15, -0.1) is 0 Å². The highest BCUT2D eigenvalue weighted by molar-refractivity contribution is 5.75. The van der Waals surface area contributed by atoms with Crippen LogP contribution in [0.5, 0.6) is 0 Å². The molecule has 0 amide bonds. The standard InChI is InChI=1S/C22H18N4O2/c1-26(12-4-11-23)17-9-7-15(8-10-17)13-20-22(27)28-21(25-20)19-14-16-5-2-3-6-18(16)24-19/h2-3,5-10,13-14,25H,4,12H2,1H3. The molecule has 1 N–H and O–H groups in total. The van der Waals surface area contributed by atoms with Gasteiger partial charge in [0.25, 0.3) is 0 Å². The van der Waals surface area contributed by atoms with Gasteiger partial charge in [0.05, 0.1) is 17.8 Å². The number of hydrogen-bond donors (Lipinski definition) is 1. The summed E-state index contributed by atoms with van der Waals surface area (Å²) in [6, 6.07) is 17.7. The van der Waals surface area contributed by atoms with Crippen molar-refractivity contribution in [1.29, 1.82) is 5.26 Å². The van der Waals surface area contributed by atoms with Crippen molar-refractivity contribution in [3.63, 3.8) is 0 Å². The maximum Gasteiger partial charge on any atom is 0.361 e. The number of benzene rings is 2. The molecule has 2 aromatic carbocycles. The van der Waals surface area contributed by atoms with E-state index in [1.807, 2.05) is 66.6 Å². The lowest BCUT2D eigenvalue weighted by Gasteiger charge is -2.17. The molecule has 0 fully saturated rings.